The van der Waals surface area contributed by atoms with Crippen LogP contribution in [0, 0.1) is 13.8 Å². The Morgan fingerprint density at radius 2 is 1.48 bits per heavy atom. The number of carbonyl (C=O) groups excluding carboxylic acids is 2. The molecular weight excluding hydrogens is 435 g/mol. The zero-order chi connectivity index (χ0) is 22.4. The van der Waals surface area contributed by atoms with Gasteiger partial charge in [0.2, 0.25) is 11.8 Å². The van der Waals surface area contributed by atoms with Crippen molar-refractivity contribution < 1.29 is 9.59 Å². The van der Waals surface area contributed by atoms with Crippen LogP contribution in [0.25, 0.3) is 0 Å². The molecule has 1 heterocycles. The second kappa shape index (κ2) is 11.0. The second-order valence-electron chi connectivity index (χ2n) is 7.81. The highest BCUT2D eigenvalue weighted by atomic mass is 35.5. The molecule has 3 rings (SSSR count). The molecule has 166 valence electrons. The van der Waals surface area contributed by atoms with Crippen molar-refractivity contribution in [2.24, 2.45) is 0 Å². The lowest BCUT2D eigenvalue weighted by Gasteiger charge is -2.34. The third-order valence-electron chi connectivity index (χ3n) is 5.59. The van der Waals surface area contributed by atoms with Crippen molar-refractivity contribution in [1.82, 2.24) is 9.80 Å². The summed E-state index contributed by atoms with van der Waals surface area (Å²) in [5, 5.41) is 6.65. The molecule has 2 amide bonds. The van der Waals surface area contributed by atoms with Crippen molar-refractivity contribution in [3.8, 4) is 0 Å². The summed E-state index contributed by atoms with van der Waals surface area (Å²) in [4.78, 5) is 29.1. The maximum atomic E-state index is 12.4. The van der Waals surface area contributed by atoms with E-state index in [4.69, 9.17) is 23.2 Å². The Morgan fingerprint density at radius 1 is 0.871 bits per heavy atom. The molecule has 0 bridgehead atoms. The van der Waals surface area contributed by atoms with Gasteiger partial charge in [-0.1, -0.05) is 41.4 Å². The van der Waals surface area contributed by atoms with Gasteiger partial charge in [0, 0.05) is 44.8 Å². The highest BCUT2D eigenvalue weighted by Crippen LogP contribution is 2.29. The van der Waals surface area contributed by atoms with E-state index in [1.165, 1.54) is 0 Å². The number of para-hydroxylation sites is 1. The van der Waals surface area contributed by atoms with Crippen molar-refractivity contribution in [3.05, 3.63) is 57.6 Å². The van der Waals surface area contributed by atoms with Crippen LogP contribution >= 0.6 is 23.2 Å². The third-order valence-corrected chi connectivity index (χ3v) is 6.22. The molecule has 0 saturated carbocycles. The summed E-state index contributed by atoms with van der Waals surface area (Å²) >= 11 is 12.2. The Bertz CT molecular complexity index is 923. The predicted molar refractivity (Wildman–Crippen MR) is 127 cm³/mol. The number of aryl methyl sites for hydroxylation is 1. The van der Waals surface area contributed by atoms with Gasteiger partial charge in [0.05, 0.1) is 22.3 Å². The van der Waals surface area contributed by atoms with E-state index in [0.717, 1.165) is 43.0 Å². The normalized spacial score (nSPS) is 15.0. The third kappa shape index (κ3) is 6.68. The summed E-state index contributed by atoms with van der Waals surface area (Å²) in [6.07, 6.45) is 0.356. The summed E-state index contributed by atoms with van der Waals surface area (Å²) < 4.78 is 0. The van der Waals surface area contributed by atoms with E-state index in [0.29, 0.717) is 35.2 Å². The van der Waals surface area contributed by atoms with E-state index in [-0.39, 0.29) is 11.8 Å². The minimum absolute atomic E-state index is 0.00172. The molecular formula is C23H28Cl2N4O2. The van der Waals surface area contributed by atoms with Gasteiger partial charge in [-0.3, -0.25) is 14.5 Å². The zero-order valence-electron chi connectivity index (χ0n) is 17.9. The monoisotopic (exact) mass is 462 g/mol. The van der Waals surface area contributed by atoms with Crippen molar-refractivity contribution in [2.75, 3.05) is 49.9 Å². The molecule has 0 aliphatic carbocycles. The Kier molecular flexibility index (Phi) is 8.32. The number of amides is 2. The molecule has 1 saturated heterocycles. The SMILES string of the molecule is Cc1cccc(NC(=O)CN2CCN(CCC(=O)Nc3c(Cl)cccc3Cl)CC2)c1C. The minimum atomic E-state index is -0.120. The van der Waals surface area contributed by atoms with Crippen molar-refractivity contribution in [2.45, 2.75) is 20.3 Å². The fourth-order valence-electron chi connectivity index (χ4n) is 3.53. The van der Waals surface area contributed by atoms with Gasteiger partial charge in [0.1, 0.15) is 0 Å². The van der Waals surface area contributed by atoms with Gasteiger partial charge in [-0.15, -0.1) is 0 Å². The van der Waals surface area contributed by atoms with Gasteiger partial charge >= 0.3 is 0 Å². The summed E-state index contributed by atoms with van der Waals surface area (Å²) in [5.74, 6) is -0.122. The molecule has 0 radical (unpaired) electrons. The van der Waals surface area contributed by atoms with Crippen LogP contribution in [0.3, 0.4) is 0 Å². The molecule has 0 spiro atoms. The van der Waals surface area contributed by atoms with Crippen LogP contribution in [0.15, 0.2) is 36.4 Å². The standard InChI is InChI=1S/C23H28Cl2N4O2/c1-16-5-3-8-20(17(16)2)26-22(31)15-29-13-11-28(12-14-29)10-9-21(30)27-23-18(24)6-4-7-19(23)25/h3-8H,9-15H2,1-2H3,(H,26,31)(H,27,30). The highest BCUT2D eigenvalue weighted by Gasteiger charge is 2.20. The molecule has 0 atom stereocenters. The first-order valence-electron chi connectivity index (χ1n) is 10.4. The lowest BCUT2D eigenvalue weighted by Crippen LogP contribution is -2.49. The average Bonchev–Trinajstić information content (AvgIpc) is 2.74. The number of nitrogens with zero attached hydrogens (tertiary/aromatic N) is 2. The van der Waals surface area contributed by atoms with Gasteiger partial charge in [-0.25, -0.2) is 0 Å². The molecule has 1 fully saturated rings. The van der Waals surface area contributed by atoms with Crippen molar-refractivity contribution >= 4 is 46.4 Å². The largest absolute Gasteiger partial charge is 0.325 e. The first-order chi connectivity index (χ1) is 14.8. The first-order valence-corrected chi connectivity index (χ1v) is 11.1. The number of nitrogens with one attached hydrogen (secondary N) is 2. The summed E-state index contributed by atoms with van der Waals surface area (Å²) in [5.41, 5.74) is 3.58. The van der Waals surface area contributed by atoms with E-state index in [2.05, 4.69) is 20.4 Å². The molecule has 2 aromatic rings. The van der Waals surface area contributed by atoms with E-state index in [1.807, 2.05) is 32.0 Å². The number of hydrogen-bond acceptors (Lipinski definition) is 4. The van der Waals surface area contributed by atoms with E-state index >= 15 is 0 Å². The Hall–Kier alpha value is -2.12. The van der Waals surface area contributed by atoms with Crippen LogP contribution in [-0.2, 0) is 9.59 Å². The molecule has 8 heteroatoms. The number of halogens is 2. The van der Waals surface area contributed by atoms with Gasteiger partial charge in [0.15, 0.2) is 0 Å². The predicted octanol–water partition coefficient (Wildman–Crippen LogP) is 4.20. The zero-order valence-corrected chi connectivity index (χ0v) is 19.4. The van der Waals surface area contributed by atoms with Gasteiger partial charge < -0.3 is 15.5 Å². The van der Waals surface area contributed by atoms with Crippen LogP contribution in [0.1, 0.15) is 17.5 Å². The maximum Gasteiger partial charge on any atom is 0.238 e. The molecule has 1 aliphatic heterocycles. The van der Waals surface area contributed by atoms with Crippen LogP contribution < -0.4 is 10.6 Å². The molecule has 31 heavy (non-hydrogen) atoms. The second-order valence-corrected chi connectivity index (χ2v) is 8.62. The Balaban J connectivity index is 1.39. The van der Waals surface area contributed by atoms with Gasteiger partial charge in [-0.2, -0.15) is 0 Å². The number of rotatable bonds is 7. The molecule has 0 aromatic heterocycles. The minimum Gasteiger partial charge on any atom is -0.325 e. The molecule has 2 N–H and O–H groups in total. The van der Waals surface area contributed by atoms with Crippen LogP contribution in [0.2, 0.25) is 10.0 Å². The molecule has 2 aromatic carbocycles. The number of hydrogen-bond donors (Lipinski definition) is 2. The average molecular weight is 463 g/mol. The van der Waals surface area contributed by atoms with Crippen LogP contribution in [-0.4, -0.2) is 60.9 Å². The number of carbonyl (C=O) groups is 2. The lowest BCUT2D eigenvalue weighted by atomic mass is 10.1. The van der Waals surface area contributed by atoms with Crippen molar-refractivity contribution in [1.29, 1.82) is 0 Å². The van der Waals surface area contributed by atoms with Crippen molar-refractivity contribution in [3.63, 3.8) is 0 Å². The lowest BCUT2D eigenvalue weighted by molar-refractivity contribution is -0.117. The smallest absolute Gasteiger partial charge is 0.238 e. The Labute approximate surface area is 193 Å². The van der Waals surface area contributed by atoms with E-state index < -0.39 is 0 Å². The number of piperazine rings is 1. The van der Waals surface area contributed by atoms with Gasteiger partial charge in [-0.05, 0) is 43.2 Å². The fourth-order valence-corrected chi connectivity index (χ4v) is 4.02. The molecule has 6 nitrogen and oxygen atoms in total. The summed E-state index contributed by atoms with van der Waals surface area (Å²) in [6.45, 7) is 8.28. The molecule has 0 unspecified atom stereocenters. The summed E-state index contributed by atoms with van der Waals surface area (Å²) in [6, 6.07) is 11.0. The van der Waals surface area contributed by atoms with Crippen LogP contribution in [0.5, 0.6) is 0 Å². The molecule has 1 aliphatic rings. The quantitative estimate of drug-likeness (QED) is 0.646. The first kappa shape index (κ1) is 23.5. The highest BCUT2D eigenvalue weighted by molar-refractivity contribution is 6.39. The van der Waals surface area contributed by atoms with E-state index in [1.54, 1.807) is 18.2 Å². The maximum absolute atomic E-state index is 12.4. The number of anilines is 2. The Morgan fingerprint density at radius 3 is 2.16 bits per heavy atom. The van der Waals surface area contributed by atoms with Crippen LogP contribution in [0.4, 0.5) is 11.4 Å². The topological polar surface area (TPSA) is 64.7 Å². The van der Waals surface area contributed by atoms with E-state index in [9.17, 15) is 9.59 Å². The fraction of sp³-hybridized carbons (Fsp3) is 0.391. The summed E-state index contributed by atoms with van der Waals surface area (Å²) in [7, 11) is 0. The van der Waals surface area contributed by atoms with Gasteiger partial charge in [0.25, 0.3) is 0 Å². The number of benzene rings is 2.